The molecule has 0 aliphatic carbocycles. The second-order valence-corrected chi connectivity index (χ2v) is 3.06. The minimum absolute atomic E-state index is 0.571. The average Bonchev–Trinajstić information content (AvgIpc) is 2.19. The Morgan fingerprint density at radius 2 is 2.15 bits per heavy atom. The number of hydrogen-bond acceptors (Lipinski definition) is 2. The summed E-state index contributed by atoms with van der Waals surface area (Å²) in [5.41, 5.74) is 1.29. The molecule has 0 amide bonds. The number of benzene rings is 1. The Balaban J connectivity index is 2.92. The highest BCUT2D eigenvalue weighted by Gasteiger charge is 2.03. The van der Waals surface area contributed by atoms with Gasteiger partial charge in [0.25, 0.3) is 0 Å². The molecule has 3 heteroatoms. The maximum atomic E-state index is 10.7. The summed E-state index contributed by atoms with van der Waals surface area (Å²) in [5.74, 6) is 0. The van der Waals surface area contributed by atoms with Crippen LogP contribution in [0.2, 0.25) is 5.02 Å². The molecule has 0 fully saturated rings. The maximum absolute atomic E-state index is 10.7. The van der Waals surface area contributed by atoms with E-state index in [1.165, 1.54) is 0 Å². The van der Waals surface area contributed by atoms with Gasteiger partial charge in [0.05, 0.1) is 10.5 Å². The van der Waals surface area contributed by atoms with Crippen LogP contribution in [0.5, 0.6) is 0 Å². The van der Waals surface area contributed by atoms with Crippen molar-refractivity contribution < 1.29 is 4.79 Å². The molecule has 0 atom stereocenters. The molecule has 0 unspecified atom stereocenters. The van der Waals surface area contributed by atoms with Gasteiger partial charge in [-0.15, -0.1) is 0 Å². The van der Waals surface area contributed by atoms with E-state index in [2.05, 4.69) is 4.98 Å². The first kappa shape index (κ1) is 8.20. The van der Waals surface area contributed by atoms with Gasteiger partial charge in [-0.2, -0.15) is 0 Å². The summed E-state index contributed by atoms with van der Waals surface area (Å²) >= 11 is 5.91. The van der Waals surface area contributed by atoms with Crippen molar-refractivity contribution in [2.75, 3.05) is 0 Å². The quantitative estimate of drug-likeness (QED) is 0.649. The summed E-state index contributed by atoms with van der Waals surface area (Å²) < 4.78 is 0. The lowest BCUT2D eigenvalue weighted by Gasteiger charge is -2.00. The number of carbonyl (C=O) groups is 1. The molecule has 2 aromatic rings. The zero-order chi connectivity index (χ0) is 9.26. The number of fused-ring (bicyclic) bond motifs is 1. The fourth-order valence-electron chi connectivity index (χ4n) is 1.26. The zero-order valence-corrected chi connectivity index (χ0v) is 7.45. The number of aldehydes is 1. The summed E-state index contributed by atoms with van der Waals surface area (Å²) in [6.45, 7) is 0. The van der Waals surface area contributed by atoms with Crippen LogP contribution >= 0.6 is 11.6 Å². The second-order valence-electron chi connectivity index (χ2n) is 2.65. The van der Waals surface area contributed by atoms with Gasteiger partial charge in [-0.25, -0.2) is 0 Å². The molecule has 64 valence electrons. The predicted octanol–water partition coefficient (Wildman–Crippen LogP) is 2.70. The monoisotopic (exact) mass is 191 g/mol. The molecule has 0 aliphatic heterocycles. The number of carbonyl (C=O) groups excluding carboxylic acids is 1. The number of nitrogens with zero attached hydrogens (tertiary/aromatic N) is 1. The highest BCUT2D eigenvalue weighted by Crippen LogP contribution is 2.23. The first-order valence-electron chi connectivity index (χ1n) is 3.81. The average molecular weight is 192 g/mol. The molecular formula is C10H6ClNO. The van der Waals surface area contributed by atoms with Gasteiger partial charge in [0.2, 0.25) is 0 Å². The van der Waals surface area contributed by atoms with E-state index in [9.17, 15) is 4.79 Å². The van der Waals surface area contributed by atoms with Crippen LogP contribution in [0.15, 0.2) is 30.5 Å². The van der Waals surface area contributed by atoms with E-state index in [0.717, 1.165) is 11.7 Å². The van der Waals surface area contributed by atoms with E-state index in [-0.39, 0.29) is 0 Å². The van der Waals surface area contributed by atoms with Crippen LogP contribution in [0.25, 0.3) is 10.9 Å². The van der Waals surface area contributed by atoms with Crippen LogP contribution in [0.1, 0.15) is 10.4 Å². The van der Waals surface area contributed by atoms with Gasteiger partial charge in [-0.05, 0) is 18.2 Å². The number of rotatable bonds is 1. The number of halogens is 1. The molecule has 0 aliphatic rings. The van der Waals surface area contributed by atoms with Gasteiger partial charge in [-0.1, -0.05) is 17.7 Å². The fourth-order valence-corrected chi connectivity index (χ4v) is 1.48. The Kier molecular flexibility index (Phi) is 1.99. The summed E-state index contributed by atoms with van der Waals surface area (Å²) in [4.78, 5) is 14.8. The molecule has 1 heterocycles. The molecule has 0 bridgehead atoms. The lowest BCUT2D eigenvalue weighted by molar-refractivity contribution is 0.112. The van der Waals surface area contributed by atoms with Crippen molar-refractivity contribution in [1.29, 1.82) is 0 Å². The molecule has 1 aromatic carbocycles. The van der Waals surface area contributed by atoms with Gasteiger partial charge in [0.15, 0.2) is 6.29 Å². The normalized spacial score (nSPS) is 10.2. The van der Waals surface area contributed by atoms with Crippen LogP contribution in [0.4, 0.5) is 0 Å². The summed E-state index contributed by atoms with van der Waals surface area (Å²) in [7, 11) is 0. The minimum atomic E-state index is 0.571. The van der Waals surface area contributed by atoms with E-state index in [1.54, 1.807) is 24.4 Å². The van der Waals surface area contributed by atoms with Crippen molar-refractivity contribution in [1.82, 2.24) is 4.98 Å². The van der Waals surface area contributed by atoms with Gasteiger partial charge in [0.1, 0.15) is 0 Å². The van der Waals surface area contributed by atoms with Crippen molar-refractivity contribution in [3.63, 3.8) is 0 Å². The number of hydrogen-bond donors (Lipinski definition) is 0. The first-order valence-corrected chi connectivity index (χ1v) is 4.19. The van der Waals surface area contributed by atoms with Crippen LogP contribution in [0, 0.1) is 0 Å². The molecule has 13 heavy (non-hydrogen) atoms. The van der Waals surface area contributed by atoms with E-state index in [4.69, 9.17) is 11.6 Å². The lowest BCUT2D eigenvalue weighted by atomic mass is 10.1. The molecule has 0 saturated carbocycles. The molecule has 0 spiro atoms. The third kappa shape index (κ3) is 1.29. The predicted molar refractivity (Wildman–Crippen MR) is 52.1 cm³/mol. The Hall–Kier alpha value is -1.41. The maximum Gasteiger partial charge on any atom is 0.150 e. The standard InChI is InChI=1S/C10H6ClNO/c11-9-4-3-7(6-13)8-2-1-5-12-10(8)9/h1-6H. The van der Waals surface area contributed by atoms with Gasteiger partial charge < -0.3 is 0 Å². The van der Waals surface area contributed by atoms with Crippen molar-refractivity contribution in [3.05, 3.63) is 41.0 Å². The summed E-state index contributed by atoms with van der Waals surface area (Å²) in [6, 6.07) is 6.99. The Labute approximate surface area is 80.2 Å². The summed E-state index contributed by atoms with van der Waals surface area (Å²) in [6.07, 6.45) is 2.46. The molecule has 2 rings (SSSR count). The van der Waals surface area contributed by atoms with E-state index in [1.807, 2.05) is 6.07 Å². The molecule has 0 radical (unpaired) electrons. The van der Waals surface area contributed by atoms with Crippen LogP contribution in [-0.2, 0) is 0 Å². The van der Waals surface area contributed by atoms with Gasteiger partial charge in [-0.3, -0.25) is 9.78 Å². The molecule has 0 N–H and O–H groups in total. The fraction of sp³-hybridized carbons (Fsp3) is 0. The Bertz CT molecular complexity index is 467. The highest BCUT2D eigenvalue weighted by atomic mass is 35.5. The molecule has 1 aromatic heterocycles. The smallest absolute Gasteiger partial charge is 0.150 e. The SMILES string of the molecule is O=Cc1ccc(Cl)c2ncccc12. The number of pyridine rings is 1. The Morgan fingerprint density at radius 3 is 2.92 bits per heavy atom. The summed E-state index contributed by atoms with van der Waals surface area (Å²) in [5, 5.41) is 1.37. The van der Waals surface area contributed by atoms with Gasteiger partial charge in [0, 0.05) is 17.1 Å². The topological polar surface area (TPSA) is 30.0 Å². The molecule has 2 nitrogen and oxygen atoms in total. The van der Waals surface area contributed by atoms with Crippen LogP contribution < -0.4 is 0 Å². The van der Waals surface area contributed by atoms with Crippen molar-refractivity contribution in [3.8, 4) is 0 Å². The minimum Gasteiger partial charge on any atom is -0.298 e. The Morgan fingerprint density at radius 1 is 1.31 bits per heavy atom. The zero-order valence-electron chi connectivity index (χ0n) is 6.70. The van der Waals surface area contributed by atoms with Crippen molar-refractivity contribution >= 4 is 28.8 Å². The van der Waals surface area contributed by atoms with E-state index < -0.39 is 0 Å². The van der Waals surface area contributed by atoms with Crippen molar-refractivity contribution in [2.24, 2.45) is 0 Å². The second kappa shape index (κ2) is 3.15. The van der Waals surface area contributed by atoms with Gasteiger partial charge >= 0.3 is 0 Å². The highest BCUT2D eigenvalue weighted by molar-refractivity contribution is 6.35. The largest absolute Gasteiger partial charge is 0.298 e. The third-order valence-electron chi connectivity index (χ3n) is 1.88. The van der Waals surface area contributed by atoms with E-state index in [0.29, 0.717) is 16.1 Å². The lowest BCUT2D eigenvalue weighted by Crippen LogP contribution is -1.85. The number of aromatic nitrogens is 1. The van der Waals surface area contributed by atoms with Crippen LogP contribution in [0.3, 0.4) is 0 Å². The van der Waals surface area contributed by atoms with Crippen molar-refractivity contribution in [2.45, 2.75) is 0 Å². The van der Waals surface area contributed by atoms with Crippen LogP contribution in [-0.4, -0.2) is 11.3 Å². The third-order valence-corrected chi connectivity index (χ3v) is 2.19. The first-order chi connectivity index (χ1) is 6.33. The molecule has 0 saturated heterocycles. The molecular weight excluding hydrogens is 186 g/mol. The van der Waals surface area contributed by atoms with E-state index >= 15 is 0 Å².